The molecule has 0 bridgehead atoms. The van der Waals surface area contributed by atoms with Crippen LogP contribution in [-0.2, 0) is 16.1 Å². The largest absolute Gasteiger partial charge is 0.497 e. The number of benzene rings is 3. The Morgan fingerprint density at radius 1 is 1.03 bits per heavy atom. The first kappa shape index (κ1) is 26.1. The van der Waals surface area contributed by atoms with Gasteiger partial charge in [0.05, 0.1) is 25.2 Å². The number of cyclic esters (lactones) is 1. The number of carbonyl (C=O) groups is 2. The first-order valence-electron chi connectivity index (χ1n) is 12.3. The van der Waals surface area contributed by atoms with Gasteiger partial charge in [-0.15, -0.1) is 0 Å². The summed E-state index contributed by atoms with van der Waals surface area (Å²) in [5.41, 5.74) is 2.64. The normalized spacial score (nSPS) is 19.9. The minimum absolute atomic E-state index is 0.290. The zero-order valence-electron chi connectivity index (χ0n) is 21.2. The van der Waals surface area contributed by atoms with Crippen LogP contribution in [0.5, 0.6) is 5.75 Å². The maximum absolute atomic E-state index is 13.6. The van der Waals surface area contributed by atoms with Crippen LogP contribution in [0.3, 0.4) is 0 Å². The van der Waals surface area contributed by atoms with Crippen molar-refractivity contribution in [3.63, 3.8) is 0 Å². The Kier molecular flexibility index (Phi) is 8.38. The number of hydrogen-bond donors (Lipinski definition) is 1. The molecule has 3 aromatic carbocycles. The lowest BCUT2D eigenvalue weighted by Gasteiger charge is -2.45. The van der Waals surface area contributed by atoms with Gasteiger partial charge in [0.15, 0.2) is 0 Å². The summed E-state index contributed by atoms with van der Waals surface area (Å²) in [6.45, 7) is 3.82. The van der Waals surface area contributed by atoms with Crippen molar-refractivity contribution in [3.8, 4) is 5.75 Å². The molecule has 3 aromatic rings. The van der Waals surface area contributed by atoms with Crippen molar-refractivity contribution in [2.75, 3.05) is 7.11 Å². The molecule has 4 rings (SSSR count). The van der Waals surface area contributed by atoms with Gasteiger partial charge in [-0.1, -0.05) is 91.9 Å². The maximum atomic E-state index is 13.6. The van der Waals surface area contributed by atoms with Gasteiger partial charge in [-0.3, -0.25) is 4.79 Å². The molecule has 2 amide bonds. The molecule has 37 heavy (non-hydrogen) atoms. The SMILES string of the molecule is COc1ccc(CN2[C@@H](C)[C@@H](c3ccccc3)OC(=O)N2C(=O)[C@@H](C)[C@H](O)/C=C/c2ccccc2)cc1. The molecule has 192 valence electrons. The highest BCUT2D eigenvalue weighted by Gasteiger charge is 2.45. The lowest BCUT2D eigenvalue weighted by atomic mass is 10.00. The van der Waals surface area contributed by atoms with Crippen LogP contribution in [0.15, 0.2) is 91.0 Å². The second kappa shape index (κ2) is 11.9. The molecule has 0 unspecified atom stereocenters. The fraction of sp³-hybridized carbons (Fsp3) is 0.267. The highest BCUT2D eigenvalue weighted by Crippen LogP contribution is 2.34. The lowest BCUT2D eigenvalue weighted by Crippen LogP contribution is -2.61. The van der Waals surface area contributed by atoms with Crippen LogP contribution in [0.2, 0.25) is 0 Å². The van der Waals surface area contributed by atoms with E-state index < -0.39 is 30.1 Å². The molecule has 7 heteroatoms. The van der Waals surface area contributed by atoms with E-state index in [1.54, 1.807) is 31.2 Å². The number of hydrazine groups is 1. The van der Waals surface area contributed by atoms with E-state index >= 15 is 0 Å². The van der Waals surface area contributed by atoms with Gasteiger partial charge in [0.25, 0.3) is 5.91 Å². The zero-order chi connectivity index (χ0) is 26.4. The van der Waals surface area contributed by atoms with Crippen LogP contribution < -0.4 is 4.74 Å². The van der Waals surface area contributed by atoms with Gasteiger partial charge in [0, 0.05) is 6.54 Å². The van der Waals surface area contributed by atoms with Gasteiger partial charge in [-0.25, -0.2) is 4.79 Å². The molecule has 1 saturated heterocycles. The third kappa shape index (κ3) is 6.07. The Bertz CT molecular complexity index is 1210. The summed E-state index contributed by atoms with van der Waals surface area (Å²) < 4.78 is 11.0. The third-order valence-electron chi connectivity index (χ3n) is 6.59. The fourth-order valence-corrected chi connectivity index (χ4v) is 4.32. The summed E-state index contributed by atoms with van der Waals surface area (Å²) in [5.74, 6) is -0.708. The molecule has 4 atom stereocenters. The maximum Gasteiger partial charge on any atom is 0.432 e. The number of carbonyl (C=O) groups excluding carboxylic acids is 2. The van der Waals surface area contributed by atoms with E-state index in [-0.39, 0.29) is 12.6 Å². The average Bonchev–Trinajstić information content (AvgIpc) is 2.94. The summed E-state index contributed by atoms with van der Waals surface area (Å²) in [7, 11) is 1.60. The standard InChI is InChI=1S/C30H32N2O5/c1-21(27(33)19-16-23-10-6-4-7-11-23)29(34)32-30(35)37-28(25-12-8-5-9-13-25)22(2)31(32)20-24-14-17-26(36-3)18-15-24/h4-19,21-22,27-28,33H,20H2,1-3H3/b19-16+/t21-,22-,27+,28-/m0/s1. The first-order valence-corrected chi connectivity index (χ1v) is 12.3. The van der Waals surface area contributed by atoms with Crippen molar-refractivity contribution < 1.29 is 24.2 Å². The van der Waals surface area contributed by atoms with E-state index in [1.807, 2.05) is 91.9 Å². The second-order valence-corrected chi connectivity index (χ2v) is 9.10. The Balaban J connectivity index is 1.60. The molecule has 0 radical (unpaired) electrons. The summed E-state index contributed by atoms with van der Waals surface area (Å²) >= 11 is 0. The summed E-state index contributed by atoms with van der Waals surface area (Å²) in [6.07, 6.45) is 0.903. The van der Waals surface area contributed by atoms with E-state index in [1.165, 1.54) is 0 Å². The van der Waals surface area contributed by atoms with Crippen molar-refractivity contribution in [1.82, 2.24) is 10.0 Å². The molecule has 1 heterocycles. The molecule has 1 aliphatic heterocycles. The molecular formula is C30H32N2O5. The van der Waals surface area contributed by atoms with E-state index in [9.17, 15) is 14.7 Å². The number of amides is 2. The molecule has 0 aromatic heterocycles. The molecule has 1 N–H and O–H groups in total. The minimum atomic E-state index is -1.09. The molecule has 0 saturated carbocycles. The quantitative estimate of drug-likeness (QED) is 0.456. The van der Waals surface area contributed by atoms with E-state index in [0.29, 0.717) is 5.75 Å². The molecular weight excluding hydrogens is 468 g/mol. The number of imide groups is 1. The summed E-state index contributed by atoms with van der Waals surface area (Å²) in [4.78, 5) is 26.9. The van der Waals surface area contributed by atoms with Crippen LogP contribution in [-0.4, -0.2) is 46.4 Å². The fourth-order valence-electron chi connectivity index (χ4n) is 4.32. The number of rotatable bonds is 8. The monoisotopic (exact) mass is 500 g/mol. The molecule has 1 fully saturated rings. The predicted octanol–water partition coefficient (Wildman–Crippen LogP) is 5.23. The van der Waals surface area contributed by atoms with Crippen LogP contribution in [0.4, 0.5) is 4.79 Å². The molecule has 0 spiro atoms. The van der Waals surface area contributed by atoms with Gasteiger partial charge in [0.1, 0.15) is 11.9 Å². The number of methoxy groups -OCH3 is 1. The van der Waals surface area contributed by atoms with Crippen LogP contribution >= 0.6 is 0 Å². The number of nitrogens with zero attached hydrogens (tertiary/aromatic N) is 2. The summed E-state index contributed by atoms with van der Waals surface area (Å²) in [5, 5.41) is 13.5. The molecule has 1 aliphatic rings. The van der Waals surface area contributed by atoms with Crippen LogP contribution in [0, 0.1) is 5.92 Å². The van der Waals surface area contributed by atoms with Crippen molar-refractivity contribution in [2.45, 2.75) is 38.6 Å². The first-order chi connectivity index (χ1) is 17.9. The Labute approximate surface area is 217 Å². The smallest absolute Gasteiger partial charge is 0.432 e. The van der Waals surface area contributed by atoms with Crippen molar-refractivity contribution in [2.24, 2.45) is 5.92 Å². The third-order valence-corrected chi connectivity index (χ3v) is 6.59. The number of aliphatic hydroxyl groups excluding tert-OH is 1. The van der Waals surface area contributed by atoms with Crippen LogP contribution in [0.25, 0.3) is 6.08 Å². The number of hydrogen-bond acceptors (Lipinski definition) is 6. The van der Waals surface area contributed by atoms with Gasteiger partial charge in [-0.05, 0) is 35.7 Å². The Morgan fingerprint density at radius 2 is 1.65 bits per heavy atom. The van der Waals surface area contributed by atoms with Crippen molar-refractivity contribution >= 4 is 18.1 Å². The predicted molar refractivity (Wildman–Crippen MR) is 141 cm³/mol. The highest BCUT2D eigenvalue weighted by atomic mass is 16.6. The number of ether oxygens (including phenoxy) is 2. The van der Waals surface area contributed by atoms with E-state index in [2.05, 4.69) is 0 Å². The minimum Gasteiger partial charge on any atom is -0.497 e. The highest BCUT2D eigenvalue weighted by molar-refractivity contribution is 5.93. The van der Waals surface area contributed by atoms with Gasteiger partial charge < -0.3 is 14.6 Å². The Morgan fingerprint density at radius 3 is 2.27 bits per heavy atom. The second-order valence-electron chi connectivity index (χ2n) is 9.10. The van der Waals surface area contributed by atoms with Crippen molar-refractivity contribution in [3.05, 3.63) is 108 Å². The number of aliphatic hydroxyl groups is 1. The van der Waals surface area contributed by atoms with Gasteiger partial charge in [-0.2, -0.15) is 10.0 Å². The van der Waals surface area contributed by atoms with E-state index in [0.717, 1.165) is 21.7 Å². The van der Waals surface area contributed by atoms with Crippen molar-refractivity contribution in [1.29, 1.82) is 0 Å². The van der Waals surface area contributed by atoms with E-state index in [4.69, 9.17) is 9.47 Å². The lowest BCUT2D eigenvalue weighted by molar-refractivity contribution is -0.176. The molecule has 0 aliphatic carbocycles. The zero-order valence-corrected chi connectivity index (χ0v) is 21.2. The van der Waals surface area contributed by atoms with Gasteiger partial charge >= 0.3 is 6.09 Å². The molecule has 7 nitrogen and oxygen atoms in total. The van der Waals surface area contributed by atoms with Gasteiger partial charge in [0.2, 0.25) is 0 Å². The average molecular weight is 501 g/mol. The Hall–Kier alpha value is -3.94. The topological polar surface area (TPSA) is 79.3 Å². The van der Waals surface area contributed by atoms with Crippen LogP contribution in [0.1, 0.15) is 36.6 Å². The summed E-state index contributed by atoms with van der Waals surface area (Å²) in [6, 6.07) is 26.1.